The molecule has 5 heteroatoms. The summed E-state index contributed by atoms with van der Waals surface area (Å²) in [5.74, 6) is -0.746. The minimum absolute atomic E-state index is 0.125. The molecule has 3 aromatic rings. The lowest BCUT2D eigenvalue weighted by atomic mass is 9.91. The molecule has 0 unspecified atom stereocenters. The van der Waals surface area contributed by atoms with Gasteiger partial charge in [0.15, 0.2) is 0 Å². The van der Waals surface area contributed by atoms with Gasteiger partial charge in [0.05, 0.1) is 10.9 Å². The third-order valence-electron chi connectivity index (χ3n) is 5.87. The van der Waals surface area contributed by atoms with Crippen molar-refractivity contribution in [2.45, 2.75) is 46.0 Å². The molecule has 0 bridgehead atoms. The fourth-order valence-corrected chi connectivity index (χ4v) is 4.16. The second-order valence-electron chi connectivity index (χ2n) is 8.25. The summed E-state index contributed by atoms with van der Waals surface area (Å²) in [5.41, 5.74) is 3.54. The monoisotopic (exact) mass is 381 g/mol. The van der Waals surface area contributed by atoms with E-state index < -0.39 is 11.4 Å². The lowest BCUT2D eigenvalue weighted by Gasteiger charge is -2.18. The summed E-state index contributed by atoms with van der Waals surface area (Å²) in [7, 11) is 0. The normalized spacial score (nSPS) is 15.3. The van der Waals surface area contributed by atoms with Crippen molar-refractivity contribution in [3.8, 4) is 11.4 Å². The Morgan fingerprint density at radius 3 is 2.50 bits per heavy atom. The average molecular weight is 381 g/mol. The van der Waals surface area contributed by atoms with Crippen LogP contribution in [0.3, 0.4) is 0 Å². The van der Waals surface area contributed by atoms with Crippen molar-refractivity contribution >= 4 is 16.9 Å². The number of carboxylic acids is 1. The number of carbonyl (C=O) groups is 1. The standard InChI is InChI=1S/C23H24FNO3/c1-13(2)21-18(12-23(8-9-23)22(27)28)17-11-16(26)5-7-20(17)25(21)15-4-6-19(24)14(3)10-15/h4-7,10-11,13,26H,8-9,12H2,1-3H3,(H,27,28). The minimum Gasteiger partial charge on any atom is -0.508 e. The van der Waals surface area contributed by atoms with E-state index in [4.69, 9.17) is 0 Å². The highest BCUT2D eigenvalue weighted by Gasteiger charge is 2.51. The molecule has 0 amide bonds. The quantitative estimate of drug-likeness (QED) is 0.629. The summed E-state index contributed by atoms with van der Waals surface area (Å²) >= 11 is 0. The summed E-state index contributed by atoms with van der Waals surface area (Å²) in [6.07, 6.45) is 1.77. The fourth-order valence-electron chi connectivity index (χ4n) is 4.16. The molecule has 0 atom stereocenters. The maximum Gasteiger partial charge on any atom is 0.309 e. The van der Waals surface area contributed by atoms with Crippen LogP contribution < -0.4 is 0 Å². The van der Waals surface area contributed by atoms with Crippen LogP contribution in [0, 0.1) is 18.2 Å². The molecule has 2 aromatic carbocycles. The van der Waals surface area contributed by atoms with Crippen molar-refractivity contribution in [2.24, 2.45) is 5.41 Å². The number of carboxylic acid groups (broad SMARTS) is 1. The molecule has 1 fully saturated rings. The molecule has 1 aliphatic rings. The molecule has 4 rings (SSSR count). The molecule has 2 N–H and O–H groups in total. The predicted octanol–water partition coefficient (Wildman–Crippen LogP) is 5.31. The summed E-state index contributed by atoms with van der Waals surface area (Å²) in [5, 5.41) is 20.7. The first-order valence-corrected chi connectivity index (χ1v) is 9.59. The Kier molecular flexibility index (Phi) is 4.21. The molecule has 146 valence electrons. The van der Waals surface area contributed by atoms with Crippen LogP contribution in [-0.2, 0) is 11.2 Å². The number of nitrogens with zero attached hydrogens (tertiary/aromatic N) is 1. The number of halogens is 1. The van der Waals surface area contributed by atoms with Crippen LogP contribution in [0.15, 0.2) is 36.4 Å². The number of phenolic OH excluding ortho intramolecular Hbond substituents is 1. The number of benzene rings is 2. The number of aromatic nitrogens is 1. The lowest BCUT2D eigenvalue weighted by Crippen LogP contribution is -2.18. The molecule has 0 spiro atoms. The molecule has 1 aromatic heterocycles. The van der Waals surface area contributed by atoms with E-state index >= 15 is 0 Å². The summed E-state index contributed by atoms with van der Waals surface area (Å²) < 4.78 is 15.9. The zero-order chi connectivity index (χ0) is 20.2. The first kappa shape index (κ1) is 18.5. The van der Waals surface area contributed by atoms with E-state index in [0.29, 0.717) is 24.8 Å². The number of aromatic hydroxyl groups is 1. The Bertz CT molecular complexity index is 1090. The Balaban J connectivity index is 2.02. The lowest BCUT2D eigenvalue weighted by molar-refractivity contribution is -0.143. The zero-order valence-corrected chi connectivity index (χ0v) is 16.3. The van der Waals surface area contributed by atoms with Crippen molar-refractivity contribution in [1.82, 2.24) is 4.57 Å². The van der Waals surface area contributed by atoms with Gasteiger partial charge < -0.3 is 14.8 Å². The molecule has 1 aliphatic carbocycles. The van der Waals surface area contributed by atoms with Gasteiger partial charge >= 0.3 is 5.97 Å². The Hall–Kier alpha value is -2.82. The van der Waals surface area contributed by atoms with E-state index in [-0.39, 0.29) is 17.5 Å². The number of hydrogen-bond acceptors (Lipinski definition) is 2. The molecule has 0 aliphatic heterocycles. The van der Waals surface area contributed by atoms with Crippen LogP contribution >= 0.6 is 0 Å². The SMILES string of the molecule is Cc1cc(-n2c(C(C)C)c(CC3(C(=O)O)CC3)c3cc(O)ccc32)ccc1F. The first-order chi connectivity index (χ1) is 13.2. The van der Waals surface area contributed by atoms with Gasteiger partial charge in [-0.15, -0.1) is 0 Å². The van der Waals surface area contributed by atoms with E-state index in [2.05, 4.69) is 18.4 Å². The van der Waals surface area contributed by atoms with Crippen LogP contribution in [-0.4, -0.2) is 20.7 Å². The maximum absolute atomic E-state index is 13.9. The van der Waals surface area contributed by atoms with E-state index in [1.807, 2.05) is 6.07 Å². The number of hydrogen-bond donors (Lipinski definition) is 2. The molecular formula is C23H24FNO3. The van der Waals surface area contributed by atoms with Crippen LogP contribution in [0.4, 0.5) is 4.39 Å². The van der Waals surface area contributed by atoms with E-state index in [9.17, 15) is 19.4 Å². The van der Waals surface area contributed by atoms with Gasteiger partial charge in [-0.25, -0.2) is 4.39 Å². The van der Waals surface area contributed by atoms with Gasteiger partial charge in [-0.05, 0) is 79.6 Å². The van der Waals surface area contributed by atoms with Gasteiger partial charge in [0.2, 0.25) is 0 Å². The van der Waals surface area contributed by atoms with Crippen LogP contribution in [0.2, 0.25) is 0 Å². The molecule has 28 heavy (non-hydrogen) atoms. The second kappa shape index (κ2) is 6.36. The predicted molar refractivity (Wildman–Crippen MR) is 107 cm³/mol. The first-order valence-electron chi connectivity index (χ1n) is 9.59. The molecular weight excluding hydrogens is 357 g/mol. The molecule has 4 nitrogen and oxygen atoms in total. The highest BCUT2D eigenvalue weighted by molar-refractivity contribution is 5.90. The van der Waals surface area contributed by atoms with Gasteiger partial charge in [0.1, 0.15) is 11.6 Å². The fraction of sp³-hybridized carbons (Fsp3) is 0.348. The van der Waals surface area contributed by atoms with Gasteiger partial charge in [0, 0.05) is 16.8 Å². The summed E-state index contributed by atoms with van der Waals surface area (Å²) in [6, 6.07) is 10.2. The number of rotatable bonds is 5. The number of phenols is 1. The zero-order valence-electron chi connectivity index (χ0n) is 16.3. The smallest absolute Gasteiger partial charge is 0.309 e. The third-order valence-corrected chi connectivity index (χ3v) is 5.87. The van der Waals surface area contributed by atoms with Crippen molar-refractivity contribution < 1.29 is 19.4 Å². The Morgan fingerprint density at radius 1 is 1.21 bits per heavy atom. The van der Waals surface area contributed by atoms with Crippen molar-refractivity contribution in [1.29, 1.82) is 0 Å². The minimum atomic E-state index is -0.763. The van der Waals surface area contributed by atoms with Gasteiger partial charge in [0.25, 0.3) is 0 Å². The number of aliphatic carboxylic acids is 1. The Labute approximate surface area is 163 Å². The summed E-state index contributed by atoms with van der Waals surface area (Å²) in [4.78, 5) is 11.8. The van der Waals surface area contributed by atoms with Crippen molar-refractivity contribution in [3.05, 3.63) is 59.0 Å². The van der Waals surface area contributed by atoms with Crippen LogP contribution in [0.5, 0.6) is 5.75 Å². The topological polar surface area (TPSA) is 62.5 Å². The van der Waals surface area contributed by atoms with E-state index in [0.717, 1.165) is 27.8 Å². The molecule has 1 saturated carbocycles. The summed E-state index contributed by atoms with van der Waals surface area (Å²) in [6.45, 7) is 5.88. The maximum atomic E-state index is 13.9. The van der Waals surface area contributed by atoms with E-state index in [1.165, 1.54) is 6.07 Å². The number of fused-ring (bicyclic) bond motifs is 1. The third kappa shape index (κ3) is 2.86. The Morgan fingerprint density at radius 2 is 1.93 bits per heavy atom. The van der Waals surface area contributed by atoms with Crippen LogP contribution in [0.25, 0.3) is 16.6 Å². The number of aryl methyl sites for hydroxylation is 1. The molecule has 0 saturated heterocycles. The molecule has 1 heterocycles. The average Bonchev–Trinajstić information content (AvgIpc) is 3.35. The van der Waals surface area contributed by atoms with Crippen molar-refractivity contribution in [3.63, 3.8) is 0 Å². The highest BCUT2D eigenvalue weighted by atomic mass is 19.1. The van der Waals surface area contributed by atoms with E-state index in [1.54, 1.807) is 31.2 Å². The van der Waals surface area contributed by atoms with Crippen molar-refractivity contribution in [2.75, 3.05) is 0 Å². The van der Waals surface area contributed by atoms with Crippen LogP contribution in [0.1, 0.15) is 49.4 Å². The largest absolute Gasteiger partial charge is 0.508 e. The highest BCUT2D eigenvalue weighted by Crippen LogP contribution is 2.51. The van der Waals surface area contributed by atoms with Gasteiger partial charge in [-0.2, -0.15) is 0 Å². The second-order valence-corrected chi connectivity index (χ2v) is 8.25. The van der Waals surface area contributed by atoms with Gasteiger partial charge in [-0.1, -0.05) is 13.8 Å². The molecule has 0 radical (unpaired) electrons. The van der Waals surface area contributed by atoms with Gasteiger partial charge in [-0.3, -0.25) is 4.79 Å².